The van der Waals surface area contributed by atoms with Crippen LogP contribution in [0, 0.1) is 5.92 Å². The van der Waals surface area contributed by atoms with Gasteiger partial charge < -0.3 is 5.73 Å². The number of thiophene rings is 1. The van der Waals surface area contributed by atoms with Gasteiger partial charge in [-0.25, -0.2) is 8.42 Å². The molecule has 1 aromatic rings. The first-order valence-corrected chi connectivity index (χ1v) is 9.09. The molecule has 1 aliphatic carbocycles. The summed E-state index contributed by atoms with van der Waals surface area (Å²) < 4.78 is 26.4. The minimum atomic E-state index is -3.36. The van der Waals surface area contributed by atoms with E-state index in [9.17, 15) is 8.42 Å². The molecule has 1 aromatic heterocycles. The van der Waals surface area contributed by atoms with Crippen molar-refractivity contribution < 1.29 is 8.42 Å². The fourth-order valence-corrected chi connectivity index (χ4v) is 5.08. The standard InChI is InChI=1S/C13H22N2O2S2/c1-15(19(16,17)13-8-5-9-18-13)10-12(14)11-6-3-2-4-7-11/h5,8-9,11-12H,2-4,6-7,10,14H2,1H3. The van der Waals surface area contributed by atoms with Gasteiger partial charge in [0.2, 0.25) is 0 Å². The summed E-state index contributed by atoms with van der Waals surface area (Å²) in [6, 6.07) is 3.34. The Morgan fingerprint density at radius 1 is 1.42 bits per heavy atom. The molecule has 1 heterocycles. The van der Waals surface area contributed by atoms with Crippen LogP contribution in [0.5, 0.6) is 0 Å². The fraction of sp³-hybridized carbons (Fsp3) is 0.692. The van der Waals surface area contributed by atoms with Crippen molar-refractivity contribution in [1.29, 1.82) is 0 Å². The highest BCUT2D eigenvalue weighted by Crippen LogP contribution is 2.27. The summed E-state index contributed by atoms with van der Waals surface area (Å²) in [5.74, 6) is 0.467. The zero-order valence-electron chi connectivity index (χ0n) is 11.3. The molecule has 0 spiro atoms. The summed E-state index contributed by atoms with van der Waals surface area (Å²) in [5, 5.41) is 1.78. The largest absolute Gasteiger partial charge is 0.326 e. The van der Waals surface area contributed by atoms with Gasteiger partial charge in [-0.3, -0.25) is 0 Å². The molecule has 1 saturated carbocycles. The van der Waals surface area contributed by atoms with E-state index in [4.69, 9.17) is 5.73 Å². The fourth-order valence-electron chi connectivity index (χ4n) is 2.67. The maximum atomic E-state index is 12.3. The van der Waals surface area contributed by atoms with E-state index in [1.807, 2.05) is 0 Å². The molecule has 4 nitrogen and oxygen atoms in total. The van der Waals surface area contributed by atoms with E-state index in [0.29, 0.717) is 16.7 Å². The number of sulfonamides is 1. The number of nitrogens with two attached hydrogens (primary N) is 1. The second-order valence-electron chi connectivity index (χ2n) is 5.28. The molecule has 0 aliphatic heterocycles. The highest BCUT2D eigenvalue weighted by atomic mass is 32.2. The van der Waals surface area contributed by atoms with Gasteiger partial charge in [0.05, 0.1) is 0 Å². The van der Waals surface area contributed by atoms with Gasteiger partial charge >= 0.3 is 0 Å². The number of hydrogen-bond donors (Lipinski definition) is 1. The van der Waals surface area contributed by atoms with E-state index in [1.165, 1.54) is 34.9 Å². The Hall–Kier alpha value is -0.430. The van der Waals surface area contributed by atoms with Crippen LogP contribution in [0.3, 0.4) is 0 Å². The first kappa shape index (κ1) is 15.0. The van der Waals surface area contributed by atoms with Gasteiger partial charge in [-0.15, -0.1) is 11.3 Å². The number of nitrogens with zero attached hydrogens (tertiary/aromatic N) is 1. The van der Waals surface area contributed by atoms with Crippen LogP contribution < -0.4 is 5.73 Å². The van der Waals surface area contributed by atoms with Crippen molar-refractivity contribution >= 4 is 21.4 Å². The average Bonchev–Trinajstić information content (AvgIpc) is 2.94. The molecule has 0 saturated heterocycles. The van der Waals surface area contributed by atoms with Crippen LogP contribution in [-0.4, -0.2) is 32.4 Å². The SMILES string of the molecule is CN(CC(N)C1CCCCC1)S(=O)(=O)c1cccs1. The van der Waals surface area contributed by atoms with Gasteiger partial charge in [-0.1, -0.05) is 25.3 Å². The molecule has 0 aromatic carbocycles. The highest BCUT2D eigenvalue weighted by Gasteiger charge is 2.27. The molecule has 2 N–H and O–H groups in total. The second kappa shape index (κ2) is 6.35. The van der Waals surface area contributed by atoms with Gasteiger partial charge in [-0.05, 0) is 30.2 Å². The summed E-state index contributed by atoms with van der Waals surface area (Å²) in [5.41, 5.74) is 6.20. The van der Waals surface area contributed by atoms with Gasteiger partial charge in [0.25, 0.3) is 10.0 Å². The van der Waals surface area contributed by atoms with Crippen LogP contribution in [-0.2, 0) is 10.0 Å². The normalized spacial score (nSPS) is 19.7. The maximum Gasteiger partial charge on any atom is 0.252 e. The highest BCUT2D eigenvalue weighted by molar-refractivity contribution is 7.91. The zero-order valence-corrected chi connectivity index (χ0v) is 12.9. The maximum absolute atomic E-state index is 12.3. The van der Waals surface area contributed by atoms with Crippen LogP contribution in [0.15, 0.2) is 21.7 Å². The van der Waals surface area contributed by atoms with Gasteiger partial charge in [0.15, 0.2) is 0 Å². The lowest BCUT2D eigenvalue weighted by Crippen LogP contribution is -2.43. The Morgan fingerprint density at radius 3 is 2.68 bits per heavy atom. The van der Waals surface area contributed by atoms with Crippen molar-refractivity contribution in [2.45, 2.75) is 42.4 Å². The number of hydrogen-bond acceptors (Lipinski definition) is 4. The lowest BCUT2D eigenvalue weighted by molar-refractivity contribution is 0.277. The third-order valence-electron chi connectivity index (χ3n) is 3.88. The molecule has 2 rings (SSSR count). The quantitative estimate of drug-likeness (QED) is 0.907. The number of rotatable bonds is 5. The molecule has 1 fully saturated rings. The Kier molecular flexibility index (Phi) is 5.00. The van der Waals surface area contributed by atoms with Crippen LogP contribution >= 0.6 is 11.3 Å². The lowest BCUT2D eigenvalue weighted by atomic mass is 9.84. The van der Waals surface area contributed by atoms with Crippen molar-refractivity contribution in [3.05, 3.63) is 17.5 Å². The third kappa shape index (κ3) is 3.56. The van der Waals surface area contributed by atoms with E-state index in [1.54, 1.807) is 24.6 Å². The van der Waals surface area contributed by atoms with E-state index in [0.717, 1.165) is 12.8 Å². The Labute approximate surface area is 119 Å². The van der Waals surface area contributed by atoms with Crippen LogP contribution in [0.1, 0.15) is 32.1 Å². The lowest BCUT2D eigenvalue weighted by Gasteiger charge is -2.30. The molecular weight excluding hydrogens is 280 g/mol. The molecule has 1 unspecified atom stereocenters. The average molecular weight is 302 g/mol. The van der Waals surface area contributed by atoms with Crippen molar-refractivity contribution in [1.82, 2.24) is 4.31 Å². The smallest absolute Gasteiger partial charge is 0.252 e. The molecule has 108 valence electrons. The zero-order chi connectivity index (χ0) is 13.9. The molecule has 0 radical (unpaired) electrons. The van der Waals surface area contributed by atoms with E-state index in [-0.39, 0.29) is 6.04 Å². The Balaban J connectivity index is 1.98. The molecule has 1 aliphatic rings. The molecule has 0 bridgehead atoms. The predicted molar refractivity (Wildman–Crippen MR) is 78.7 cm³/mol. The molecule has 6 heteroatoms. The van der Waals surface area contributed by atoms with E-state index < -0.39 is 10.0 Å². The minimum Gasteiger partial charge on any atom is -0.326 e. The first-order valence-electron chi connectivity index (χ1n) is 6.77. The molecule has 1 atom stereocenters. The van der Waals surface area contributed by atoms with Crippen molar-refractivity contribution in [2.24, 2.45) is 11.7 Å². The minimum absolute atomic E-state index is 0.0555. The Bertz CT molecular complexity index is 479. The van der Waals surface area contributed by atoms with Gasteiger partial charge in [0, 0.05) is 19.6 Å². The number of likely N-dealkylation sites (N-methyl/N-ethyl adjacent to an activating group) is 1. The Morgan fingerprint density at radius 2 is 2.11 bits per heavy atom. The monoisotopic (exact) mass is 302 g/mol. The topological polar surface area (TPSA) is 63.4 Å². The summed E-state index contributed by atoms with van der Waals surface area (Å²) in [6.07, 6.45) is 5.99. The van der Waals surface area contributed by atoms with Crippen LogP contribution in [0.2, 0.25) is 0 Å². The summed E-state index contributed by atoms with van der Waals surface area (Å²) in [6.45, 7) is 0.408. The van der Waals surface area contributed by atoms with E-state index >= 15 is 0 Å². The summed E-state index contributed by atoms with van der Waals surface area (Å²) >= 11 is 1.25. The molecular formula is C13H22N2O2S2. The molecule has 0 amide bonds. The van der Waals surface area contributed by atoms with E-state index in [2.05, 4.69) is 0 Å². The molecule has 19 heavy (non-hydrogen) atoms. The van der Waals surface area contributed by atoms with Gasteiger partial charge in [0.1, 0.15) is 4.21 Å². The summed E-state index contributed by atoms with van der Waals surface area (Å²) in [4.78, 5) is 0. The van der Waals surface area contributed by atoms with Crippen molar-refractivity contribution in [3.8, 4) is 0 Å². The third-order valence-corrected chi connectivity index (χ3v) is 7.08. The summed E-state index contributed by atoms with van der Waals surface area (Å²) in [7, 11) is -1.73. The van der Waals surface area contributed by atoms with Gasteiger partial charge in [-0.2, -0.15) is 4.31 Å². The van der Waals surface area contributed by atoms with Crippen molar-refractivity contribution in [3.63, 3.8) is 0 Å². The van der Waals surface area contributed by atoms with Crippen molar-refractivity contribution in [2.75, 3.05) is 13.6 Å². The van der Waals surface area contributed by atoms with Crippen LogP contribution in [0.25, 0.3) is 0 Å². The first-order chi connectivity index (χ1) is 9.01. The van der Waals surface area contributed by atoms with Crippen LogP contribution in [0.4, 0.5) is 0 Å². The predicted octanol–water partition coefficient (Wildman–Crippen LogP) is 2.28. The second-order valence-corrected chi connectivity index (χ2v) is 8.50.